The molecule has 3 aromatic rings. The van der Waals surface area contributed by atoms with E-state index >= 15 is 0 Å². The number of carbonyl (C=O) groups is 2. The van der Waals surface area contributed by atoms with Gasteiger partial charge in [-0.15, -0.1) is 0 Å². The summed E-state index contributed by atoms with van der Waals surface area (Å²) in [5.74, 6) is -0.201. The molecule has 1 atom stereocenters. The molecule has 0 spiro atoms. The minimum Gasteiger partial charge on any atom is -0.488 e. The Balaban J connectivity index is 1.24. The van der Waals surface area contributed by atoms with Crippen LogP contribution in [0.15, 0.2) is 72.8 Å². The summed E-state index contributed by atoms with van der Waals surface area (Å²) in [6.07, 6.45) is 9.50. The van der Waals surface area contributed by atoms with Crippen molar-refractivity contribution in [2.75, 3.05) is 11.9 Å². The topological polar surface area (TPSA) is 78.9 Å². The molecule has 39 heavy (non-hydrogen) atoms. The average Bonchev–Trinajstić information content (AvgIpc) is 2.97. The molecule has 1 saturated carbocycles. The number of benzene rings is 3. The van der Waals surface area contributed by atoms with Crippen molar-refractivity contribution in [2.45, 2.75) is 76.5 Å². The number of likely N-dealkylation sites (tertiary alicyclic amines) is 1. The van der Waals surface area contributed by atoms with Gasteiger partial charge in [-0.25, -0.2) is 4.79 Å². The molecule has 2 aliphatic rings. The Bertz CT molecular complexity index is 1250. The molecular formula is C33H38N2O4. The molecule has 1 heterocycles. The van der Waals surface area contributed by atoms with E-state index in [9.17, 15) is 14.7 Å². The van der Waals surface area contributed by atoms with E-state index in [1.165, 1.54) is 49.3 Å². The zero-order valence-corrected chi connectivity index (χ0v) is 22.5. The fourth-order valence-electron chi connectivity index (χ4n) is 5.90. The molecule has 0 aromatic heterocycles. The smallest absolute Gasteiger partial charge is 0.339 e. The lowest BCUT2D eigenvalue weighted by atomic mass is 9.84. The van der Waals surface area contributed by atoms with Gasteiger partial charge in [0.15, 0.2) is 0 Å². The number of piperidine rings is 1. The molecule has 1 aliphatic heterocycles. The summed E-state index contributed by atoms with van der Waals surface area (Å²) in [7, 11) is 0. The number of aromatic carboxylic acids is 1. The fourth-order valence-corrected chi connectivity index (χ4v) is 5.90. The van der Waals surface area contributed by atoms with Crippen LogP contribution in [0.2, 0.25) is 0 Å². The quantitative estimate of drug-likeness (QED) is 0.314. The number of hydrogen-bond donors (Lipinski definition) is 2. The molecule has 2 fully saturated rings. The summed E-state index contributed by atoms with van der Waals surface area (Å²) in [5.41, 5.74) is 4.22. The molecule has 204 valence electrons. The fraction of sp³-hybridized carbons (Fsp3) is 0.394. The third-order valence-corrected chi connectivity index (χ3v) is 8.07. The van der Waals surface area contributed by atoms with E-state index in [0.717, 1.165) is 37.9 Å². The largest absolute Gasteiger partial charge is 0.488 e. The number of nitrogens with one attached hydrogen (secondary N) is 1. The van der Waals surface area contributed by atoms with Gasteiger partial charge in [0.25, 0.3) is 0 Å². The van der Waals surface area contributed by atoms with Gasteiger partial charge in [0.2, 0.25) is 5.91 Å². The van der Waals surface area contributed by atoms with Crippen molar-refractivity contribution < 1.29 is 19.4 Å². The number of carbonyl (C=O) groups excluding carboxylic acids is 1. The van der Waals surface area contributed by atoms with E-state index in [2.05, 4.69) is 34.5 Å². The second-order valence-electron chi connectivity index (χ2n) is 10.8. The second kappa shape index (κ2) is 12.9. The van der Waals surface area contributed by atoms with E-state index in [1.54, 1.807) is 12.1 Å². The Hall–Kier alpha value is -3.64. The van der Waals surface area contributed by atoms with Crippen molar-refractivity contribution >= 4 is 17.6 Å². The van der Waals surface area contributed by atoms with Crippen molar-refractivity contribution in [1.82, 2.24) is 4.90 Å². The van der Waals surface area contributed by atoms with Gasteiger partial charge >= 0.3 is 5.97 Å². The summed E-state index contributed by atoms with van der Waals surface area (Å²) in [6, 6.07) is 23.1. The van der Waals surface area contributed by atoms with Crippen LogP contribution in [-0.4, -0.2) is 34.5 Å². The molecule has 6 nitrogen and oxygen atoms in total. The molecule has 3 aromatic carbocycles. The summed E-state index contributed by atoms with van der Waals surface area (Å²) in [6.45, 7) is 1.87. The standard InChI is InChI=1S/C33H38N2O4/c36-32(34-28-18-19-29(33(37)38)31(21-28)39-23-25-9-3-1-4-10-25)30-13-7-8-20-35(30)22-24-14-16-27(17-15-24)26-11-5-2-6-12-26/h1,3-4,9-10,14-19,21,26,30H,2,5-8,11-13,20,22-23H2,(H,34,36)(H,37,38)/t30-/m1/s1. The number of amides is 1. The van der Waals surface area contributed by atoms with Crippen LogP contribution < -0.4 is 10.1 Å². The minimum absolute atomic E-state index is 0.0642. The van der Waals surface area contributed by atoms with E-state index < -0.39 is 5.97 Å². The molecular weight excluding hydrogens is 488 g/mol. The molecule has 5 rings (SSSR count). The van der Waals surface area contributed by atoms with Gasteiger partial charge in [0.1, 0.15) is 17.9 Å². The van der Waals surface area contributed by atoms with Gasteiger partial charge in [0.05, 0.1) is 6.04 Å². The van der Waals surface area contributed by atoms with Crippen LogP contribution in [0.5, 0.6) is 5.75 Å². The van der Waals surface area contributed by atoms with Crippen LogP contribution in [-0.2, 0) is 17.9 Å². The van der Waals surface area contributed by atoms with Crippen LogP contribution in [0.4, 0.5) is 5.69 Å². The van der Waals surface area contributed by atoms with Crippen LogP contribution >= 0.6 is 0 Å². The highest BCUT2D eigenvalue weighted by Crippen LogP contribution is 2.33. The van der Waals surface area contributed by atoms with Crippen molar-refractivity contribution in [3.8, 4) is 5.75 Å². The van der Waals surface area contributed by atoms with E-state index in [-0.39, 0.29) is 29.9 Å². The van der Waals surface area contributed by atoms with Crippen LogP contribution in [0.3, 0.4) is 0 Å². The predicted octanol–water partition coefficient (Wildman–Crippen LogP) is 7.00. The maximum Gasteiger partial charge on any atom is 0.339 e. The van der Waals surface area contributed by atoms with Crippen molar-refractivity contribution in [1.29, 1.82) is 0 Å². The third-order valence-electron chi connectivity index (χ3n) is 8.07. The summed E-state index contributed by atoms with van der Waals surface area (Å²) < 4.78 is 5.86. The van der Waals surface area contributed by atoms with Gasteiger partial charge in [-0.1, -0.05) is 80.3 Å². The number of ether oxygens (including phenoxy) is 1. The Morgan fingerprint density at radius 2 is 1.59 bits per heavy atom. The van der Waals surface area contributed by atoms with Gasteiger partial charge < -0.3 is 15.2 Å². The average molecular weight is 527 g/mol. The first-order valence-corrected chi connectivity index (χ1v) is 14.2. The maximum absolute atomic E-state index is 13.4. The highest BCUT2D eigenvalue weighted by molar-refractivity contribution is 5.97. The number of carboxylic acid groups (broad SMARTS) is 1. The predicted molar refractivity (Wildman–Crippen MR) is 153 cm³/mol. The lowest BCUT2D eigenvalue weighted by molar-refractivity contribution is -0.122. The van der Waals surface area contributed by atoms with Gasteiger partial charge in [0, 0.05) is 18.3 Å². The molecule has 0 radical (unpaired) electrons. The van der Waals surface area contributed by atoms with Gasteiger partial charge in [-0.05, 0) is 67.0 Å². The van der Waals surface area contributed by atoms with Crippen LogP contribution in [0, 0.1) is 0 Å². The Morgan fingerprint density at radius 1 is 0.846 bits per heavy atom. The Morgan fingerprint density at radius 3 is 2.33 bits per heavy atom. The first-order chi connectivity index (χ1) is 19.1. The number of anilines is 1. The lowest BCUT2D eigenvalue weighted by Crippen LogP contribution is -2.46. The zero-order chi connectivity index (χ0) is 27.0. The monoisotopic (exact) mass is 526 g/mol. The van der Waals surface area contributed by atoms with E-state index in [4.69, 9.17) is 4.74 Å². The van der Waals surface area contributed by atoms with Crippen molar-refractivity contribution in [3.63, 3.8) is 0 Å². The van der Waals surface area contributed by atoms with Gasteiger partial charge in [-0.3, -0.25) is 9.69 Å². The maximum atomic E-state index is 13.4. The number of rotatable bonds is 9. The molecule has 0 bridgehead atoms. The minimum atomic E-state index is -1.07. The molecule has 1 saturated heterocycles. The number of nitrogens with zero attached hydrogens (tertiary/aromatic N) is 1. The van der Waals surface area contributed by atoms with Crippen LogP contribution in [0.25, 0.3) is 0 Å². The Labute approximate surface area is 231 Å². The van der Waals surface area contributed by atoms with Gasteiger partial charge in [-0.2, -0.15) is 0 Å². The lowest BCUT2D eigenvalue weighted by Gasteiger charge is -2.34. The Kier molecular flexibility index (Phi) is 8.94. The highest BCUT2D eigenvalue weighted by Gasteiger charge is 2.29. The first kappa shape index (κ1) is 26.9. The summed E-state index contributed by atoms with van der Waals surface area (Å²) >= 11 is 0. The first-order valence-electron chi connectivity index (χ1n) is 14.2. The summed E-state index contributed by atoms with van der Waals surface area (Å²) in [4.78, 5) is 27.5. The molecule has 6 heteroatoms. The molecule has 2 N–H and O–H groups in total. The number of carboxylic acids is 1. The highest BCUT2D eigenvalue weighted by atomic mass is 16.5. The normalized spacial score (nSPS) is 18.4. The second-order valence-corrected chi connectivity index (χ2v) is 10.8. The number of hydrogen-bond acceptors (Lipinski definition) is 4. The van der Waals surface area contributed by atoms with Crippen molar-refractivity contribution in [2.24, 2.45) is 0 Å². The van der Waals surface area contributed by atoms with Crippen LogP contribution in [0.1, 0.15) is 84.3 Å². The third kappa shape index (κ3) is 7.07. The van der Waals surface area contributed by atoms with E-state index in [0.29, 0.717) is 11.6 Å². The summed E-state index contributed by atoms with van der Waals surface area (Å²) in [5, 5.41) is 12.7. The molecule has 1 aliphatic carbocycles. The SMILES string of the molecule is O=C(O)c1ccc(NC(=O)[C@H]2CCCCN2Cc2ccc(C3CCCCC3)cc2)cc1OCc1ccccc1. The van der Waals surface area contributed by atoms with Crippen molar-refractivity contribution in [3.05, 3.63) is 95.1 Å². The molecule has 1 amide bonds. The van der Waals surface area contributed by atoms with E-state index in [1.807, 2.05) is 30.3 Å². The molecule has 0 unspecified atom stereocenters. The zero-order valence-electron chi connectivity index (χ0n) is 22.5.